The van der Waals surface area contributed by atoms with Crippen molar-refractivity contribution >= 4 is 29.6 Å². The van der Waals surface area contributed by atoms with Gasteiger partial charge in [0.05, 0.1) is 20.4 Å². The fourth-order valence-electron chi connectivity index (χ4n) is 2.09. The second-order valence-corrected chi connectivity index (χ2v) is 5.53. The predicted molar refractivity (Wildman–Crippen MR) is 98.6 cm³/mol. The van der Waals surface area contributed by atoms with E-state index in [0.717, 1.165) is 5.56 Å². The van der Waals surface area contributed by atoms with E-state index in [1.807, 2.05) is 0 Å². The standard InChI is InChI=1S/C18H18ClN3O4/c1-25-15-5-3-4-13(16(15)26-2)11-21-22-18(24)17(23)20-10-12-6-8-14(19)9-7-12/h3-9,11H,10H2,1-2H3,(H,20,23)(H,22,24). The molecule has 0 aromatic heterocycles. The van der Waals surface area contributed by atoms with Gasteiger partial charge in [0.2, 0.25) is 0 Å². The molecule has 0 saturated heterocycles. The first-order valence-electron chi connectivity index (χ1n) is 7.61. The molecule has 7 nitrogen and oxygen atoms in total. The molecule has 0 saturated carbocycles. The van der Waals surface area contributed by atoms with E-state index in [1.54, 1.807) is 42.5 Å². The van der Waals surface area contributed by atoms with Crippen molar-refractivity contribution in [2.45, 2.75) is 6.54 Å². The molecule has 26 heavy (non-hydrogen) atoms. The van der Waals surface area contributed by atoms with Crippen molar-refractivity contribution in [3.63, 3.8) is 0 Å². The number of benzene rings is 2. The number of hydrazone groups is 1. The van der Waals surface area contributed by atoms with Crippen LogP contribution in [0.4, 0.5) is 0 Å². The highest BCUT2D eigenvalue weighted by Crippen LogP contribution is 2.29. The maximum absolute atomic E-state index is 11.8. The number of carbonyl (C=O) groups excluding carboxylic acids is 2. The lowest BCUT2D eigenvalue weighted by atomic mass is 10.2. The quantitative estimate of drug-likeness (QED) is 0.460. The smallest absolute Gasteiger partial charge is 0.329 e. The van der Waals surface area contributed by atoms with E-state index in [-0.39, 0.29) is 6.54 Å². The number of methoxy groups -OCH3 is 2. The fourth-order valence-corrected chi connectivity index (χ4v) is 2.22. The minimum absolute atomic E-state index is 0.205. The number of ether oxygens (including phenoxy) is 2. The molecule has 8 heteroatoms. The zero-order valence-corrected chi connectivity index (χ0v) is 15.0. The highest BCUT2D eigenvalue weighted by Gasteiger charge is 2.12. The van der Waals surface area contributed by atoms with E-state index < -0.39 is 11.8 Å². The van der Waals surface area contributed by atoms with Gasteiger partial charge >= 0.3 is 11.8 Å². The number of nitrogens with one attached hydrogen (secondary N) is 2. The van der Waals surface area contributed by atoms with Gasteiger partial charge in [-0.25, -0.2) is 5.43 Å². The van der Waals surface area contributed by atoms with Crippen molar-refractivity contribution in [3.8, 4) is 11.5 Å². The second-order valence-electron chi connectivity index (χ2n) is 5.09. The van der Waals surface area contributed by atoms with Crippen molar-refractivity contribution in [1.29, 1.82) is 0 Å². The van der Waals surface area contributed by atoms with Crippen molar-refractivity contribution in [2.75, 3.05) is 14.2 Å². The van der Waals surface area contributed by atoms with Crippen LogP contribution in [0, 0.1) is 0 Å². The summed E-state index contributed by atoms with van der Waals surface area (Å²) in [7, 11) is 3.02. The van der Waals surface area contributed by atoms with Crippen molar-refractivity contribution in [2.24, 2.45) is 5.10 Å². The minimum atomic E-state index is -0.878. The average Bonchev–Trinajstić information content (AvgIpc) is 2.66. The Labute approximate surface area is 155 Å². The molecule has 2 aromatic rings. The lowest BCUT2D eigenvalue weighted by Gasteiger charge is -2.09. The van der Waals surface area contributed by atoms with E-state index in [4.69, 9.17) is 21.1 Å². The van der Waals surface area contributed by atoms with Crippen LogP contribution in [0.3, 0.4) is 0 Å². The van der Waals surface area contributed by atoms with E-state index in [9.17, 15) is 9.59 Å². The van der Waals surface area contributed by atoms with Gasteiger partial charge in [0.25, 0.3) is 0 Å². The summed E-state index contributed by atoms with van der Waals surface area (Å²) in [5.74, 6) is -0.671. The first-order valence-corrected chi connectivity index (χ1v) is 7.99. The summed E-state index contributed by atoms with van der Waals surface area (Å²) in [6.07, 6.45) is 1.37. The summed E-state index contributed by atoms with van der Waals surface area (Å²) in [5, 5.41) is 6.87. The molecule has 0 unspecified atom stereocenters. The molecule has 0 atom stereocenters. The Morgan fingerprint density at radius 1 is 1.08 bits per heavy atom. The van der Waals surface area contributed by atoms with Gasteiger partial charge < -0.3 is 14.8 Å². The number of para-hydroxylation sites is 1. The van der Waals surface area contributed by atoms with Gasteiger partial charge in [-0.15, -0.1) is 0 Å². The van der Waals surface area contributed by atoms with Gasteiger partial charge in [0, 0.05) is 17.1 Å². The van der Waals surface area contributed by atoms with Gasteiger partial charge in [0.1, 0.15) is 0 Å². The molecule has 136 valence electrons. The second kappa shape index (κ2) is 9.43. The van der Waals surface area contributed by atoms with Crippen LogP contribution < -0.4 is 20.2 Å². The van der Waals surface area contributed by atoms with Crippen molar-refractivity contribution < 1.29 is 19.1 Å². The molecule has 0 aliphatic carbocycles. The van der Waals surface area contributed by atoms with Crippen LogP contribution in [0.5, 0.6) is 11.5 Å². The first kappa shape index (κ1) is 19.3. The van der Waals surface area contributed by atoms with Crippen molar-refractivity contribution in [3.05, 3.63) is 58.6 Å². The third-order valence-electron chi connectivity index (χ3n) is 3.38. The molecule has 0 aliphatic rings. The summed E-state index contributed by atoms with van der Waals surface area (Å²) in [4.78, 5) is 23.6. The summed E-state index contributed by atoms with van der Waals surface area (Å²) in [5.41, 5.74) is 3.58. The summed E-state index contributed by atoms with van der Waals surface area (Å²) < 4.78 is 10.4. The molecular weight excluding hydrogens is 358 g/mol. The molecule has 0 fully saturated rings. The van der Waals surface area contributed by atoms with Gasteiger partial charge in [-0.2, -0.15) is 5.10 Å². The lowest BCUT2D eigenvalue weighted by molar-refractivity contribution is -0.139. The maximum Gasteiger partial charge on any atom is 0.329 e. The molecule has 2 N–H and O–H groups in total. The molecule has 2 rings (SSSR count). The Morgan fingerprint density at radius 3 is 2.46 bits per heavy atom. The van der Waals surface area contributed by atoms with Crippen LogP contribution in [0.25, 0.3) is 0 Å². The monoisotopic (exact) mass is 375 g/mol. The Kier molecular flexibility index (Phi) is 6.99. The Balaban J connectivity index is 1.90. The Hall–Kier alpha value is -3.06. The molecule has 0 radical (unpaired) electrons. The number of carbonyl (C=O) groups is 2. The third-order valence-corrected chi connectivity index (χ3v) is 3.63. The normalized spacial score (nSPS) is 10.4. The van der Waals surface area contributed by atoms with Crippen LogP contribution in [0.15, 0.2) is 47.6 Å². The van der Waals surface area contributed by atoms with E-state index in [1.165, 1.54) is 20.4 Å². The van der Waals surface area contributed by atoms with Crippen LogP contribution >= 0.6 is 11.6 Å². The topological polar surface area (TPSA) is 89.0 Å². The largest absolute Gasteiger partial charge is 0.493 e. The molecule has 0 spiro atoms. The molecule has 2 aromatic carbocycles. The number of nitrogens with zero attached hydrogens (tertiary/aromatic N) is 1. The summed E-state index contributed by atoms with van der Waals surface area (Å²) in [6, 6.07) is 12.1. The zero-order chi connectivity index (χ0) is 18.9. The van der Waals surface area contributed by atoms with Gasteiger partial charge in [-0.1, -0.05) is 29.8 Å². The molecule has 0 heterocycles. The Morgan fingerprint density at radius 2 is 1.81 bits per heavy atom. The first-order chi connectivity index (χ1) is 12.5. The van der Waals surface area contributed by atoms with E-state index >= 15 is 0 Å². The molecular formula is C18H18ClN3O4. The molecule has 0 aliphatic heterocycles. The summed E-state index contributed by atoms with van der Waals surface area (Å²) >= 11 is 5.79. The average molecular weight is 376 g/mol. The number of rotatable bonds is 6. The van der Waals surface area contributed by atoms with Crippen LogP contribution in [-0.4, -0.2) is 32.2 Å². The van der Waals surface area contributed by atoms with Crippen LogP contribution in [-0.2, 0) is 16.1 Å². The fraction of sp³-hybridized carbons (Fsp3) is 0.167. The van der Waals surface area contributed by atoms with Crippen LogP contribution in [0.1, 0.15) is 11.1 Å². The van der Waals surface area contributed by atoms with E-state index in [2.05, 4.69) is 15.8 Å². The molecule has 0 bridgehead atoms. The van der Waals surface area contributed by atoms with Gasteiger partial charge in [0.15, 0.2) is 11.5 Å². The number of hydrogen-bond donors (Lipinski definition) is 2. The number of hydrogen-bond acceptors (Lipinski definition) is 5. The maximum atomic E-state index is 11.8. The van der Waals surface area contributed by atoms with E-state index in [0.29, 0.717) is 22.1 Å². The SMILES string of the molecule is COc1cccc(C=NNC(=O)C(=O)NCc2ccc(Cl)cc2)c1OC. The zero-order valence-electron chi connectivity index (χ0n) is 14.3. The van der Waals surface area contributed by atoms with Crippen molar-refractivity contribution in [1.82, 2.24) is 10.7 Å². The van der Waals surface area contributed by atoms with Crippen LogP contribution in [0.2, 0.25) is 5.02 Å². The number of amides is 2. The summed E-state index contributed by atoms with van der Waals surface area (Å²) in [6.45, 7) is 0.205. The lowest BCUT2D eigenvalue weighted by Crippen LogP contribution is -2.37. The highest BCUT2D eigenvalue weighted by molar-refractivity contribution is 6.35. The minimum Gasteiger partial charge on any atom is -0.493 e. The molecule has 2 amide bonds. The predicted octanol–water partition coefficient (Wildman–Crippen LogP) is 2.12. The number of halogens is 1. The Bertz CT molecular complexity index is 807. The van der Waals surface area contributed by atoms with Gasteiger partial charge in [-0.3, -0.25) is 9.59 Å². The highest BCUT2D eigenvalue weighted by atomic mass is 35.5. The third kappa shape index (κ3) is 5.22. The van der Waals surface area contributed by atoms with Gasteiger partial charge in [-0.05, 0) is 29.8 Å².